The Morgan fingerprint density at radius 2 is 1.86 bits per heavy atom. The Kier molecular flexibility index (Phi) is 5.80. The predicted octanol–water partition coefficient (Wildman–Crippen LogP) is 4.16. The maximum Gasteiger partial charge on any atom is 0.227 e. The molecule has 116 valence electrons. The molecule has 1 fully saturated rings. The van der Waals surface area contributed by atoms with Gasteiger partial charge in [-0.1, -0.05) is 24.6 Å². The molecule has 0 aromatic heterocycles. The van der Waals surface area contributed by atoms with E-state index in [1.165, 1.54) is 5.56 Å². The fourth-order valence-corrected chi connectivity index (χ4v) is 3.33. The van der Waals surface area contributed by atoms with Crippen LogP contribution < -0.4 is 5.32 Å². The first-order chi connectivity index (χ1) is 10.1. The maximum atomic E-state index is 12.5. The van der Waals surface area contributed by atoms with Crippen LogP contribution in [0.2, 0.25) is 0 Å². The Labute approximate surface area is 128 Å². The van der Waals surface area contributed by atoms with Crippen molar-refractivity contribution in [1.82, 2.24) is 0 Å². The highest BCUT2D eigenvalue weighted by Gasteiger charge is 2.30. The molecule has 1 aromatic carbocycles. The van der Waals surface area contributed by atoms with Crippen LogP contribution in [0.15, 0.2) is 24.3 Å². The first-order valence-corrected chi connectivity index (χ1v) is 8.04. The summed E-state index contributed by atoms with van der Waals surface area (Å²) in [5.41, 5.74) is 2.10. The number of nitrogens with one attached hydrogen (secondary N) is 1. The summed E-state index contributed by atoms with van der Waals surface area (Å²) in [6.07, 6.45) is 5.64. The average molecular weight is 289 g/mol. The number of anilines is 1. The third-order valence-corrected chi connectivity index (χ3v) is 4.72. The molecule has 0 unspecified atom stereocenters. The minimum absolute atomic E-state index is 0.115. The standard InChI is InChI=1S/C18H27NO2/c1-4-17(14-7-11-16(21-3)12-8-14)18(20)19-15-9-5-13(2)6-10-15/h5-6,9-10,14,16-17H,4,7-8,11-12H2,1-3H3,(H,19,20)/t14?,16?,17-/m1/s1. The third kappa shape index (κ3) is 4.31. The van der Waals surface area contributed by atoms with E-state index < -0.39 is 0 Å². The number of amides is 1. The van der Waals surface area contributed by atoms with Crippen molar-refractivity contribution in [3.05, 3.63) is 29.8 Å². The molecule has 1 saturated carbocycles. The summed E-state index contributed by atoms with van der Waals surface area (Å²) in [5, 5.41) is 3.07. The second kappa shape index (κ2) is 7.60. The summed E-state index contributed by atoms with van der Waals surface area (Å²) >= 11 is 0. The fraction of sp³-hybridized carbons (Fsp3) is 0.611. The van der Waals surface area contributed by atoms with E-state index in [2.05, 4.69) is 19.2 Å². The van der Waals surface area contributed by atoms with E-state index in [0.717, 1.165) is 37.8 Å². The van der Waals surface area contributed by atoms with Gasteiger partial charge in [0, 0.05) is 18.7 Å². The van der Waals surface area contributed by atoms with Crippen LogP contribution in [0.25, 0.3) is 0 Å². The molecule has 0 heterocycles. The van der Waals surface area contributed by atoms with Gasteiger partial charge in [-0.2, -0.15) is 0 Å². The lowest BCUT2D eigenvalue weighted by Crippen LogP contribution is -2.32. The molecule has 2 rings (SSSR count). The van der Waals surface area contributed by atoms with Crippen molar-refractivity contribution < 1.29 is 9.53 Å². The lowest BCUT2D eigenvalue weighted by molar-refractivity contribution is -0.122. The van der Waals surface area contributed by atoms with Gasteiger partial charge in [-0.15, -0.1) is 0 Å². The Morgan fingerprint density at radius 3 is 2.38 bits per heavy atom. The first kappa shape index (κ1) is 16.0. The number of hydrogen-bond acceptors (Lipinski definition) is 2. The topological polar surface area (TPSA) is 38.3 Å². The fourth-order valence-electron chi connectivity index (χ4n) is 3.33. The summed E-state index contributed by atoms with van der Waals surface area (Å²) < 4.78 is 5.42. The summed E-state index contributed by atoms with van der Waals surface area (Å²) in [7, 11) is 1.78. The predicted molar refractivity (Wildman–Crippen MR) is 86.3 cm³/mol. The van der Waals surface area contributed by atoms with Gasteiger partial charge in [0.1, 0.15) is 0 Å². The van der Waals surface area contributed by atoms with Crippen molar-refractivity contribution in [2.24, 2.45) is 11.8 Å². The molecule has 21 heavy (non-hydrogen) atoms. The number of carbonyl (C=O) groups is 1. The van der Waals surface area contributed by atoms with Crippen LogP contribution in [0.5, 0.6) is 0 Å². The Bertz CT molecular complexity index is 447. The molecule has 0 saturated heterocycles. The minimum atomic E-state index is 0.115. The highest BCUT2D eigenvalue weighted by Crippen LogP contribution is 2.33. The van der Waals surface area contributed by atoms with Gasteiger partial charge in [0.25, 0.3) is 0 Å². The Balaban J connectivity index is 1.94. The normalized spacial score (nSPS) is 23.6. The van der Waals surface area contributed by atoms with Crippen molar-refractivity contribution >= 4 is 11.6 Å². The van der Waals surface area contributed by atoms with Crippen LogP contribution in [0, 0.1) is 18.8 Å². The number of ether oxygens (including phenoxy) is 1. The van der Waals surface area contributed by atoms with Crippen LogP contribution in [-0.2, 0) is 9.53 Å². The van der Waals surface area contributed by atoms with E-state index >= 15 is 0 Å². The zero-order chi connectivity index (χ0) is 15.2. The quantitative estimate of drug-likeness (QED) is 0.883. The number of aryl methyl sites for hydroxylation is 1. The zero-order valence-electron chi connectivity index (χ0n) is 13.4. The van der Waals surface area contributed by atoms with Gasteiger partial charge < -0.3 is 10.1 Å². The van der Waals surface area contributed by atoms with Crippen molar-refractivity contribution in [3.8, 4) is 0 Å². The Morgan fingerprint density at radius 1 is 1.24 bits per heavy atom. The van der Waals surface area contributed by atoms with Gasteiger partial charge in [0.15, 0.2) is 0 Å². The Hall–Kier alpha value is -1.35. The first-order valence-electron chi connectivity index (χ1n) is 8.04. The smallest absolute Gasteiger partial charge is 0.227 e. The monoisotopic (exact) mass is 289 g/mol. The molecule has 3 heteroatoms. The molecule has 1 aliphatic carbocycles. The zero-order valence-corrected chi connectivity index (χ0v) is 13.4. The third-order valence-electron chi connectivity index (χ3n) is 4.72. The molecule has 0 radical (unpaired) electrons. The highest BCUT2D eigenvalue weighted by atomic mass is 16.5. The molecule has 1 amide bonds. The second-order valence-electron chi connectivity index (χ2n) is 6.14. The van der Waals surface area contributed by atoms with Crippen molar-refractivity contribution in [2.75, 3.05) is 12.4 Å². The minimum Gasteiger partial charge on any atom is -0.381 e. The molecule has 0 aliphatic heterocycles. The molecule has 3 nitrogen and oxygen atoms in total. The van der Waals surface area contributed by atoms with Crippen LogP contribution in [-0.4, -0.2) is 19.1 Å². The number of benzene rings is 1. The molecule has 0 bridgehead atoms. The van der Waals surface area contributed by atoms with Gasteiger partial charge in [0.2, 0.25) is 5.91 Å². The highest BCUT2D eigenvalue weighted by molar-refractivity contribution is 5.92. The molecular formula is C18H27NO2. The van der Waals surface area contributed by atoms with Gasteiger partial charge in [0.05, 0.1) is 6.10 Å². The van der Waals surface area contributed by atoms with Gasteiger partial charge >= 0.3 is 0 Å². The van der Waals surface area contributed by atoms with Gasteiger partial charge in [-0.3, -0.25) is 4.79 Å². The SMILES string of the molecule is CC[C@@H](C(=O)Nc1ccc(C)cc1)C1CCC(OC)CC1. The largest absolute Gasteiger partial charge is 0.381 e. The summed E-state index contributed by atoms with van der Waals surface area (Å²) in [6.45, 7) is 4.16. The second-order valence-corrected chi connectivity index (χ2v) is 6.14. The summed E-state index contributed by atoms with van der Waals surface area (Å²) in [6, 6.07) is 8.00. The van der Waals surface area contributed by atoms with Gasteiger partial charge in [-0.05, 0) is 57.1 Å². The molecule has 1 aromatic rings. The lowest BCUT2D eigenvalue weighted by atomic mass is 9.77. The number of methoxy groups -OCH3 is 1. The van der Waals surface area contributed by atoms with Crippen molar-refractivity contribution in [1.29, 1.82) is 0 Å². The van der Waals surface area contributed by atoms with E-state index in [1.807, 2.05) is 24.3 Å². The van der Waals surface area contributed by atoms with E-state index in [0.29, 0.717) is 12.0 Å². The van der Waals surface area contributed by atoms with Crippen LogP contribution >= 0.6 is 0 Å². The molecular weight excluding hydrogens is 262 g/mol. The summed E-state index contributed by atoms with van der Waals surface area (Å²) in [4.78, 5) is 12.5. The molecule has 1 aliphatic rings. The molecule has 1 atom stereocenters. The number of rotatable bonds is 5. The molecule has 0 spiro atoms. The van der Waals surface area contributed by atoms with E-state index in [1.54, 1.807) is 7.11 Å². The average Bonchev–Trinajstić information content (AvgIpc) is 2.51. The number of carbonyl (C=O) groups excluding carboxylic acids is 1. The lowest BCUT2D eigenvalue weighted by Gasteiger charge is -2.32. The van der Waals surface area contributed by atoms with Crippen LogP contribution in [0.1, 0.15) is 44.6 Å². The summed E-state index contributed by atoms with van der Waals surface area (Å²) in [5.74, 6) is 0.776. The van der Waals surface area contributed by atoms with Crippen molar-refractivity contribution in [3.63, 3.8) is 0 Å². The van der Waals surface area contributed by atoms with E-state index in [4.69, 9.17) is 4.74 Å². The van der Waals surface area contributed by atoms with Crippen LogP contribution in [0.4, 0.5) is 5.69 Å². The molecule has 1 N–H and O–H groups in total. The number of hydrogen-bond donors (Lipinski definition) is 1. The van der Waals surface area contributed by atoms with Gasteiger partial charge in [-0.25, -0.2) is 0 Å². The van der Waals surface area contributed by atoms with E-state index in [-0.39, 0.29) is 11.8 Å². The maximum absolute atomic E-state index is 12.5. The van der Waals surface area contributed by atoms with Crippen molar-refractivity contribution in [2.45, 2.75) is 52.1 Å². The van der Waals surface area contributed by atoms with Crippen LogP contribution in [0.3, 0.4) is 0 Å². The van der Waals surface area contributed by atoms with E-state index in [9.17, 15) is 4.79 Å².